The molecule has 1 amide bonds. The third-order valence-electron chi connectivity index (χ3n) is 6.30. The Balaban J connectivity index is 1.48. The van der Waals surface area contributed by atoms with E-state index in [4.69, 9.17) is 10.00 Å². The van der Waals surface area contributed by atoms with Gasteiger partial charge in [-0.05, 0) is 80.9 Å². The summed E-state index contributed by atoms with van der Waals surface area (Å²) in [7, 11) is -2.42. The number of nitriles is 1. The molecule has 0 spiro atoms. The fourth-order valence-corrected chi connectivity index (χ4v) is 7.42. The van der Waals surface area contributed by atoms with Crippen molar-refractivity contribution in [1.82, 2.24) is 9.21 Å². The van der Waals surface area contributed by atoms with E-state index in [9.17, 15) is 13.2 Å². The van der Waals surface area contributed by atoms with Crippen LogP contribution >= 0.6 is 22.7 Å². The van der Waals surface area contributed by atoms with E-state index in [2.05, 4.69) is 6.07 Å². The number of thiophene rings is 2. The fraction of sp³-hybridized carbons (Fsp3) is 0.231. The van der Waals surface area contributed by atoms with Crippen molar-refractivity contribution < 1.29 is 17.9 Å². The van der Waals surface area contributed by atoms with Crippen LogP contribution in [0.2, 0.25) is 0 Å². The number of benzene rings is 2. The van der Waals surface area contributed by atoms with Crippen LogP contribution in [0.25, 0.3) is 10.8 Å². The number of carbonyl (C=O) groups excluding carboxylic acids is 1. The van der Waals surface area contributed by atoms with E-state index in [-0.39, 0.29) is 17.3 Å². The Labute approximate surface area is 217 Å². The van der Waals surface area contributed by atoms with Gasteiger partial charge in [0.25, 0.3) is 0 Å². The molecular formula is C26H23N3O4S3. The van der Waals surface area contributed by atoms with Crippen LogP contribution in [0.15, 0.2) is 69.6 Å². The average Bonchev–Trinajstić information content (AvgIpc) is 3.64. The van der Waals surface area contributed by atoms with Gasteiger partial charge in [-0.2, -0.15) is 20.9 Å². The molecule has 10 heteroatoms. The monoisotopic (exact) mass is 537 g/mol. The van der Waals surface area contributed by atoms with Gasteiger partial charge in [0.15, 0.2) is 0 Å². The topological polar surface area (TPSA) is 90.7 Å². The smallest absolute Gasteiger partial charge is 0.244 e. The molecule has 4 aromatic rings. The SMILES string of the molecule is COc1ccc2ccc(S(=O)(=O)N(Cc3ccsc3)[C@H]3CCN(Cc4csc(C#N)c4)C3=O)cc2c1. The van der Waals surface area contributed by atoms with Gasteiger partial charge in [-0.25, -0.2) is 8.42 Å². The fourth-order valence-electron chi connectivity index (χ4n) is 4.44. The summed E-state index contributed by atoms with van der Waals surface area (Å²) in [6, 6.07) is 15.5. The lowest BCUT2D eigenvalue weighted by Crippen LogP contribution is -2.44. The molecule has 1 atom stereocenters. The Morgan fingerprint density at radius 1 is 1.11 bits per heavy atom. The lowest BCUT2D eigenvalue weighted by atomic mass is 10.1. The number of carbonyl (C=O) groups is 1. The Morgan fingerprint density at radius 2 is 1.94 bits per heavy atom. The summed E-state index contributed by atoms with van der Waals surface area (Å²) in [5, 5.41) is 16.4. The number of amides is 1. The molecular weight excluding hydrogens is 515 g/mol. The van der Waals surface area contributed by atoms with Crippen LogP contribution in [0.4, 0.5) is 0 Å². The predicted octanol–water partition coefficient (Wildman–Crippen LogP) is 4.84. The number of likely N-dealkylation sites (tertiary alicyclic amines) is 1. The van der Waals surface area contributed by atoms with Gasteiger partial charge in [-0.15, -0.1) is 11.3 Å². The Kier molecular flexibility index (Phi) is 6.81. The van der Waals surface area contributed by atoms with E-state index in [1.165, 1.54) is 27.0 Å². The third-order valence-corrected chi connectivity index (χ3v) is 9.76. The first-order valence-electron chi connectivity index (χ1n) is 11.3. The molecule has 7 nitrogen and oxygen atoms in total. The highest BCUT2D eigenvalue weighted by Crippen LogP contribution is 2.31. The lowest BCUT2D eigenvalue weighted by molar-refractivity contribution is -0.131. The summed E-state index contributed by atoms with van der Waals surface area (Å²) >= 11 is 2.82. The number of rotatable bonds is 8. The van der Waals surface area contributed by atoms with Crippen LogP contribution in [0.5, 0.6) is 5.75 Å². The van der Waals surface area contributed by atoms with Crippen molar-refractivity contribution in [3.05, 3.63) is 80.7 Å². The van der Waals surface area contributed by atoms with Crippen LogP contribution in [0, 0.1) is 11.3 Å². The maximum Gasteiger partial charge on any atom is 0.244 e. The number of fused-ring (bicyclic) bond motifs is 1. The van der Waals surface area contributed by atoms with Gasteiger partial charge < -0.3 is 9.64 Å². The van der Waals surface area contributed by atoms with E-state index in [1.807, 2.05) is 34.3 Å². The van der Waals surface area contributed by atoms with Crippen molar-refractivity contribution in [2.24, 2.45) is 0 Å². The maximum absolute atomic E-state index is 14.0. The number of hydrogen-bond acceptors (Lipinski definition) is 7. The van der Waals surface area contributed by atoms with Crippen LogP contribution in [0.3, 0.4) is 0 Å². The number of hydrogen-bond donors (Lipinski definition) is 0. The van der Waals surface area contributed by atoms with Gasteiger partial charge in [0.2, 0.25) is 15.9 Å². The second kappa shape index (κ2) is 10.0. The summed E-state index contributed by atoms with van der Waals surface area (Å²) in [6.07, 6.45) is 0.402. The zero-order valence-corrected chi connectivity index (χ0v) is 21.9. The van der Waals surface area contributed by atoms with E-state index in [0.29, 0.717) is 30.1 Å². The van der Waals surface area contributed by atoms with Crippen LogP contribution in [-0.4, -0.2) is 43.2 Å². The summed E-state index contributed by atoms with van der Waals surface area (Å²) in [5.74, 6) is 0.419. The van der Waals surface area contributed by atoms with E-state index in [0.717, 1.165) is 21.9 Å². The molecule has 0 N–H and O–H groups in total. The van der Waals surface area contributed by atoms with Crippen molar-refractivity contribution in [2.45, 2.75) is 30.4 Å². The largest absolute Gasteiger partial charge is 0.497 e. The van der Waals surface area contributed by atoms with Gasteiger partial charge in [-0.1, -0.05) is 12.1 Å². The highest BCUT2D eigenvalue weighted by molar-refractivity contribution is 7.89. The molecule has 2 aromatic heterocycles. The van der Waals surface area contributed by atoms with Crippen LogP contribution < -0.4 is 4.74 Å². The van der Waals surface area contributed by atoms with Crippen molar-refractivity contribution in [3.63, 3.8) is 0 Å². The zero-order valence-electron chi connectivity index (χ0n) is 19.5. The van der Waals surface area contributed by atoms with E-state index in [1.54, 1.807) is 42.3 Å². The molecule has 0 unspecified atom stereocenters. The Hall–Kier alpha value is -3.23. The lowest BCUT2D eigenvalue weighted by Gasteiger charge is -2.27. The predicted molar refractivity (Wildman–Crippen MR) is 140 cm³/mol. The molecule has 1 aliphatic rings. The molecule has 1 saturated heterocycles. The number of ether oxygens (including phenoxy) is 1. The van der Waals surface area contributed by atoms with Crippen molar-refractivity contribution in [3.8, 4) is 11.8 Å². The van der Waals surface area contributed by atoms with Crippen LogP contribution in [-0.2, 0) is 27.9 Å². The quantitative estimate of drug-likeness (QED) is 0.321. The number of methoxy groups -OCH3 is 1. The van der Waals surface area contributed by atoms with Crippen LogP contribution in [0.1, 0.15) is 22.4 Å². The second-order valence-corrected chi connectivity index (χ2v) is 12.1. The average molecular weight is 538 g/mol. The van der Waals surface area contributed by atoms with Gasteiger partial charge in [-0.3, -0.25) is 4.79 Å². The second-order valence-electron chi connectivity index (χ2n) is 8.55. The van der Waals surface area contributed by atoms with Gasteiger partial charge in [0, 0.05) is 19.6 Å². The number of nitrogens with zero attached hydrogens (tertiary/aromatic N) is 3. The Bertz CT molecular complexity index is 1550. The zero-order chi connectivity index (χ0) is 25.3. The summed E-state index contributed by atoms with van der Waals surface area (Å²) < 4.78 is 34.6. The molecule has 184 valence electrons. The molecule has 5 rings (SSSR count). The molecule has 0 radical (unpaired) electrons. The maximum atomic E-state index is 14.0. The van der Waals surface area contributed by atoms with E-state index < -0.39 is 16.1 Å². The molecule has 1 aliphatic heterocycles. The van der Waals surface area contributed by atoms with Crippen molar-refractivity contribution in [1.29, 1.82) is 5.26 Å². The summed E-state index contributed by atoms with van der Waals surface area (Å²) in [5.41, 5.74) is 1.72. The van der Waals surface area contributed by atoms with Gasteiger partial charge in [0.05, 0.1) is 12.0 Å². The molecule has 2 aromatic carbocycles. The molecule has 1 fully saturated rings. The molecule has 0 aliphatic carbocycles. The van der Waals surface area contributed by atoms with Crippen molar-refractivity contribution in [2.75, 3.05) is 13.7 Å². The molecule has 0 saturated carbocycles. The normalized spacial score (nSPS) is 16.1. The minimum absolute atomic E-state index is 0.114. The first kappa shape index (κ1) is 24.5. The number of sulfonamides is 1. The third kappa shape index (κ3) is 4.75. The van der Waals surface area contributed by atoms with Gasteiger partial charge >= 0.3 is 0 Å². The van der Waals surface area contributed by atoms with Gasteiger partial charge in [0.1, 0.15) is 22.7 Å². The summed E-state index contributed by atoms with van der Waals surface area (Å²) in [6.45, 7) is 0.921. The first-order valence-corrected chi connectivity index (χ1v) is 14.5. The minimum Gasteiger partial charge on any atom is -0.497 e. The van der Waals surface area contributed by atoms with Crippen molar-refractivity contribution >= 4 is 49.4 Å². The highest BCUT2D eigenvalue weighted by atomic mass is 32.2. The molecule has 3 heterocycles. The molecule has 0 bridgehead atoms. The molecule has 36 heavy (non-hydrogen) atoms. The standard InChI is InChI=1S/C26H23N3O4S3/c1-33-22-4-2-20-3-5-24(12-21(20)11-22)36(31,32)29(15-18-7-9-34-16-18)25-6-8-28(26(25)30)14-19-10-23(13-27)35-17-19/h2-5,7,9-12,16-17,25H,6,8,14-15H2,1H3/t25-/m0/s1. The summed E-state index contributed by atoms with van der Waals surface area (Å²) in [4.78, 5) is 15.9. The minimum atomic E-state index is -3.99. The van der Waals surface area contributed by atoms with E-state index >= 15 is 0 Å². The Morgan fingerprint density at radius 3 is 2.67 bits per heavy atom. The first-order chi connectivity index (χ1) is 17.4. The highest BCUT2D eigenvalue weighted by Gasteiger charge is 2.42.